The van der Waals surface area contributed by atoms with Gasteiger partial charge in [0, 0.05) is 6.54 Å². The summed E-state index contributed by atoms with van der Waals surface area (Å²) < 4.78 is 0. The van der Waals surface area contributed by atoms with Crippen LogP contribution in [-0.4, -0.2) is 63.3 Å². The minimum Gasteiger partial charge on any atom is -0.548 e. The Hall–Kier alpha value is -3.27. The number of benzene rings is 1. The molecule has 1 aromatic carbocycles. The SMILES string of the molecule is CC(CC(=O)O)C(C(=O)N1NCCC[C@H]1C(=O)[O-])N1C(=O)c2ccccc2C1=O. The van der Waals surface area contributed by atoms with Crippen LogP contribution in [-0.2, 0) is 14.4 Å². The van der Waals surface area contributed by atoms with Gasteiger partial charge in [0.25, 0.3) is 17.7 Å². The van der Waals surface area contributed by atoms with E-state index >= 15 is 0 Å². The molecule has 10 heteroatoms. The first-order valence-electron chi connectivity index (χ1n) is 9.20. The van der Waals surface area contributed by atoms with Crippen molar-refractivity contribution in [2.45, 2.75) is 38.3 Å². The number of hydrogen-bond acceptors (Lipinski definition) is 7. The fourth-order valence-electron chi connectivity index (χ4n) is 3.79. The number of carbonyl (C=O) groups is 5. The van der Waals surface area contributed by atoms with Crippen molar-refractivity contribution in [3.05, 3.63) is 35.4 Å². The Bertz CT molecular complexity index is 849. The molecule has 2 aliphatic rings. The van der Waals surface area contributed by atoms with Crippen molar-refractivity contribution in [2.24, 2.45) is 5.92 Å². The molecule has 1 saturated heterocycles. The zero-order valence-corrected chi connectivity index (χ0v) is 15.7. The minimum atomic E-state index is -1.48. The molecule has 0 aliphatic carbocycles. The number of nitrogens with zero attached hydrogens (tertiary/aromatic N) is 2. The van der Waals surface area contributed by atoms with Crippen LogP contribution in [0.5, 0.6) is 0 Å². The molecule has 0 saturated carbocycles. The van der Waals surface area contributed by atoms with Gasteiger partial charge in [-0.25, -0.2) is 5.43 Å². The molecule has 0 aromatic heterocycles. The highest BCUT2D eigenvalue weighted by molar-refractivity contribution is 6.23. The second kappa shape index (κ2) is 8.00. The van der Waals surface area contributed by atoms with E-state index < -0.39 is 54.1 Å². The van der Waals surface area contributed by atoms with Gasteiger partial charge < -0.3 is 15.0 Å². The van der Waals surface area contributed by atoms with Crippen LogP contribution < -0.4 is 10.5 Å². The number of carboxylic acid groups (broad SMARTS) is 2. The molecule has 0 bridgehead atoms. The van der Waals surface area contributed by atoms with Crippen LogP contribution >= 0.6 is 0 Å². The van der Waals surface area contributed by atoms with E-state index in [1.54, 1.807) is 12.1 Å². The summed E-state index contributed by atoms with van der Waals surface area (Å²) in [6.07, 6.45) is 0.141. The van der Waals surface area contributed by atoms with Crippen LogP contribution in [0.2, 0.25) is 0 Å². The number of imide groups is 1. The topological polar surface area (TPSA) is 147 Å². The number of amides is 3. The molecule has 3 rings (SSSR count). The number of aliphatic carboxylic acids is 2. The van der Waals surface area contributed by atoms with Crippen LogP contribution in [0.4, 0.5) is 0 Å². The number of rotatable bonds is 6. The van der Waals surface area contributed by atoms with Gasteiger partial charge in [-0.15, -0.1) is 0 Å². The highest BCUT2D eigenvalue weighted by Crippen LogP contribution is 2.30. The first-order valence-corrected chi connectivity index (χ1v) is 9.20. The summed E-state index contributed by atoms with van der Waals surface area (Å²) in [5.41, 5.74) is 2.90. The highest BCUT2D eigenvalue weighted by atomic mass is 16.4. The molecule has 10 nitrogen and oxygen atoms in total. The molecule has 2 unspecified atom stereocenters. The van der Waals surface area contributed by atoms with Gasteiger partial charge in [0.15, 0.2) is 0 Å². The Balaban J connectivity index is 2.00. The van der Waals surface area contributed by atoms with E-state index in [2.05, 4.69) is 5.43 Å². The Morgan fingerprint density at radius 1 is 1.21 bits per heavy atom. The normalized spacial score (nSPS) is 20.9. The molecule has 0 radical (unpaired) electrons. The fourth-order valence-corrected chi connectivity index (χ4v) is 3.79. The smallest absolute Gasteiger partial charge is 0.303 e. The summed E-state index contributed by atoms with van der Waals surface area (Å²) in [5.74, 6) is -5.94. The van der Waals surface area contributed by atoms with Crippen LogP contribution in [0.25, 0.3) is 0 Å². The fraction of sp³-hybridized carbons (Fsp3) is 0.421. The van der Waals surface area contributed by atoms with Crippen LogP contribution in [0, 0.1) is 5.92 Å². The zero-order valence-electron chi connectivity index (χ0n) is 15.7. The van der Waals surface area contributed by atoms with Gasteiger partial charge in [0.1, 0.15) is 6.04 Å². The van der Waals surface area contributed by atoms with E-state index in [1.807, 2.05) is 0 Å². The molecule has 29 heavy (non-hydrogen) atoms. The maximum absolute atomic E-state index is 13.3. The van der Waals surface area contributed by atoms with Gasteiger partial charge in [-0.05, 0) is 30.9 Å². The molecular weight excluding hydrogens is 382 g/mol. The second-order valence-corrected chi connectivity index (χ2v) is 7.14. The predicted octanol–water partition coefficient (Wildman–Crippen LogP) is -0.992. The highest BCUT2D eigenvalue weighted by Gasteiger charge is 2.47. The van der Waals surface area contributed by atoms with Crippen molar-refractivity contribution in [3.8, 4) is 0 Å². The summed E-state index contributed by atoms with van der Waals surface area (Å²) in [7, 11) is 0. The number of hydrazine groups is 1. The van der Waals surface area contributed by atoms with E-state index in [0.29, 0.717) is 13.0 Å². The molecule has 2 aliphatic heterocycles. The maximum Gasteiger partial charge on any atom is 0.303 e. The minimum absolute atomic E-state index is 0.112. The van der Waals surface area contributed by atoms with Crippen molar-refractivity contribution < 1.29 is 34.2 Å². The van der Waals surface area contributed by atoms with Gasteiger partial charge in [0.05, 0.1) is 29.6 Å². The molecule has 0 spiro atoms. The Morgan fingerprint density at radius 2 is 1.79 bits per heavy atom. The third-order valence-corrected chi connectivity index (χ3v) is 5.15. The second-order valence-electron chi connectivity index (χ2n) is 7.14. The lowest BCUT2D eigenvalue weighted by molar-refractivity contribution is -0.313. The van der Waals surface area contributed by atoms with E-state index in [9.17, 15) is 34.2 Å². The van der Waals surface area contributed by atoms with Gasteiger partial charge in [-0.1, -0.05) is 19.1 Å². The molecule has 1 aromatic rings. The summed E-state index contributed by atoms with van der Waals surface area (Å²) in [6.45, 7) is 1.75. The summed E-state index contributed by atoms with van der Waals surface area (Å²) in [6, 6.07) is 3.27. The Morgan fingerprint density at radius 3 is 2.31 bits per heavy atom. The third-order valence-electron chi connectivity index (χ3n) is 5.15. The lowest BCUT2D eigenvalue weighted by Crippen LogP contribution is -2.64. The van der Waals surface area contributed by atoms with Crippen molar-refractivity contribution in [1.29, 1.82) is 0 Å². The first-order chi connectivity index (χ1) is 13.7. The van der Waals surface area contributed by atoms with Crippen LogP contribution in [0.15, 0.2) is 24.3 Å². The van der Waals surface area contributed by atoms with Crippen molar-refractivity contribution >= 4 is 29.7 Å². The van der Waals surface area contributed by atoms with E-state index in [-0.39, 0.29) is 17.5 Å². The van der Waals surface area contributed by atoms with Crippen molar-refractivity contribution in [2.75, 3.05) is 6.54 Å². The van der Waals surface area contributed by atoms with Crippen molar-refractivity contribution in [3.63, 3.8) is 0 Å². The van der Waals surface area contributed by atoms with Gasteiger partial charge in [-0.2, -0.15) is 0 Å². The number of fused-ring (bicyclic) bond motifs is 1. The molecule has 3 atom stereocenters. The number of hydrogen-bond donors (Lipinski definition) is 2. The molecule has 1 fully saturated rings. The Kier molecular flexibility index (Phi) is 5.64. The number of carboxylic acids is 2. The van der Waals surface area contributed by atoms with E-state index in [0.717, 1.165) is 9.91 Å². The average Bonchev–Trinajstić information content (AvgIpc) is 2.93. The van der Waals surface area contributed by atoms with E-state index in [1.165, 1.54) is 19.1 Å². The first kappa shape index (κ1) is 20.5. The largest absolute Gasteiger partial charge is 0.548 e. The predicted molar refractivity (Wildman–Crippen MR) is 95.0 cm³/mol. The molecular formula is C19H20N3O7-. The zero-order chi connectivity index (χ0) is 21.3. The Labute approximate surface area is 166 Å². The van der Waals surface area contributed by atoms with Crippen LogP contribution in [0.3, 0.4) is 0 Å². The molecule has 154 valence electrons. The molecule has 2 N–H and O–H groups in total. The average molecular weight is 402 g/mol. The number of carbonyl (C=O) groups excluding carboxylic acids is 4. The number of nitrogens with one attached hydrogen (secondary N) is 1. The van der Waals surface area contributed by atoms with Gasteiger partial charge >= 0.3 is 5.97 Å². The monoisotopic (exact) mass is 402 g/mol. The van der Waals surface area contributed by atoms with Gasteiger partial charge in [0.2, 0.25) is 0 Å². The maximum atomic E-state index is 13.3. The quantitative estimate of drug-likeness (QED) is 0.576. The van der Waals surface area contributed by atoms with Crippen molar-refractivity contribution in [1.82, 2.24) is 15.3 Å². The third kappa shape index (κ3) is 3.70. The lowest BCUT2D eigenvalue weighted by atomic mass is 9.94. The van der Waals surface area contributed by atoms with Crippen LogP contribution in [0.1, 0.15) is 46.9 Å². The molecule has 3 amide bonds. The van der Waals surface area contributed by atoms with E-state index in [4.69, 9.17) is 0 Å². The summed E-state index contributed by atoms with van der Waals surface area (Å²) >= 11 is 0. The summed E-state index contributed by atoms with van der Waals surface area (Å²) in [4.78, 5) is 62.5. The summed E-state index contributed by atoms with van der Waals surface area (Å²) in [5, 5.41) is 21.5. The lowest BCUT2D eigenvalue weighted by Gasteiger charge is -2.41. The standard InChI is InChI=1S/C19H21N3O7/c1-10(9-14(23)24)15(18(27)22-13(19(28)29)7-4-8-20-22)21-16(25)11-5-2-3-6-12(11)17(21)26/h2-3,5-6,10,13,15,20H,4,7-9H2,1H3,(H,23,24)(H,28,29)/p-1/t10?,13-,15?/m0/s1. The van der Waals surface area contributed by atoms with Gasteiger partial charge in [-0.3, -0.25) is 29.1 Å². The molecule has 2 heterocycles.